The second kappa shape index (κ2) is 5.87. The van der Waals surface area contributed by atoms with E-state index in [1.54, 1.807) is 0 Å². The fraction of sp³-hybridized carbons (Fsp3) is 0.571. The molecule has 1 atom stereocenters. The number of halogens is 1. The van der Waals surface area contributed by atoms with Crippen molar-refractivity contribution in [1.82, 2.24) is 5.32 Å². The van der Waals surface area contributed by atoms with Gasteiger partial charge in [0, 0.05) is 6.54 Å². The maximum absolute atomic E-state index is 6.01. The molecule has 1 saturated heterocycles. The van der Waals surface area contributed by atoms with Gasteiger partial charge in [-0.05, 0) is 58.9 Å². The molecule has 0 saturated carbocycles. The maximum Gasteiger partial charge on any atom is 0.133 e. The largest absolute Gasteiger partial charge is 0.488 e. The molecule has 1 aromatic carbocycles. The first-order valence-electron chi connectivity index (χ1n) is 6.33. The van der Waals surface area contributed by atoms with Gasteiger partial charge in [0.15, 0.2) is 0 Å². The van der Waals surface area contributed by atoms with Gasteiger partial charge in [-0.2, -0.15) is 0 Å². The minimum Gasteiger partial charge on any atom is -0.488 e. The van der Waals surface area contributed by atoms with Gasteiger partial charge in [-0.1, -0.05) is 19.9 Å². The molecular weight excluding hydrogens is 278 g/mol. The highest BCUT2D eigenvalue weighted by Gasteiger charge is 2.15. The van der Waals surface area contributed by atoms with Gasteiger partial charge in [-0.3, -0.25) is 0 Å². The fourth-order valence-electron chi connectivity index (χ4n) is 2.07. The lowest BCUT2D eigenvalue weighted by molar-refractivity contribution is 0.166. The maximum atomic E-state index is 6.01. The van der Waals surface area contributed by atoms with Crippen LogP contribution in [0.4, 0.5) is 0 Å². The summed E-state index contributed by atoms with van der Waals surface area (Å²) in [5.74, 6) is 1.51. The molecule has 94 valence electrons. The summed E-state index contributed by atoms with van der Waals surface area (Å²) in [6, 6.07) is 6.39. The smallest absolute Gasteiger partial charge is 0.133 e. The molecule has 0 bridgehead atoms. The molecule has 0 aliphatic carbocycles. The standard InChI is InChI=1S/C14H20BrNO/c1-10(2)11-5-6-14(13(15)8-11)17-12-4-3-7-16-9-12/h5-6,8,10,12,16H,3-4,7,9H2,1-2H3/t12-/m1/s1. The van der Waals surface area contributed by atoms with E-state index in [1.807, 2.05) is 0 Å². The van der Waals surface area contributed by atoms with Gasteiger partial charge < -0.3 is 10.1 Å². The highest BCUT2D eigenvalue weighted by molar-refractivity contribution is 9.10. The van der Waals surface area contributed by atoms with Gasteiger partial charge in [0.2, 0.25) is 0 Å². The Bertz CT molecular complexity index is 372. The topological polar surface area (TPSA) is 21.3 Å². The van der Waals surface area contributed by atoms with E-state index in [9.17, 15) is 0 Å². The molecule has 1 aliphatic rings. The molecule has 1 N–H and O–H groups in total. The Kier molecular flexibility index (Phi) is 4.46. The van der Waals surface area contributed by atoms with Crippen LogP contribution in [0.25, 0.3) is 0 Å². The van der Waals surface area contributed by atoms with Gasteiger partial charge in [0.25, 0.3) is 0 Å². The minimum absolute atomic E-state index is 0.310. The van der Waals surface area contributed by atoms with Crippen molar-refractivity contribution in [2.75, 3.05) is 13.1 Å². The van der Waals surface area contributed by atoms with Gasteiger partial charge >= 0.3 is 0 Å². The third kappa shape index (κ3) is 3.46. The SMILES string of the molecule is CC(C)c1ccc(O[C@@H]2CCCNC2)c(Br)c1. The van der Waals surface area contributed by atoms with E-state index in [4.69, 9.17) is 4.74 Å². The first-order valence-corrected chi connectivity index (χ1v) is 7.13. The van der Waals surface area contributed by atoms with Crippen LogP contribution in [0.15, 0.2) is 22.7 Å². The molecule has 17 heavy (non-hydrogen) atoms. The number of ether oxygens (including phenoxy) is 1. The Morgan fingerprint density at radius 3 is 2.82 bits per heavy atom. The zero-order valence-corrected chi connectivity index (χ0v) is 12.1. The number of rotatable bonds is 3. The molecule has 1 fully saturated rings. The van der Waals surface area contributed by atoms with E-state index >= 15 is 0 Å². The summed E-state index contributed by atoms with van der Waals surface area (Å²) in [7, 11) is 0. The first kappa shape index (κ1) is 12.9. The highest BCUT2D eigenvalue weighted by Crippen LogP contribution is 2.30. The van der Waals surface area contributed by atoms with Gasteiger partial charge in [0.1, 0.15) is 11.9 Å². The Morgan fingerprint density at radius 1 is 1.41 bits per heavy atom. The van der Waals surface area contributed by atoms with Crippen LogP contribution in [0.1, 0.15) is 38.2 Å². The Morgan fingerprint density at radius 2 is 2.24 bits per heavy atom. The van der Waals surface area contributed by atoms with Crippen LogP contribution < -0.4 is 10.1 Å². The predicted octanol–water partition coefficient (Wildman–Crippen LogP) is 3.70. The first-order chi connectivity index (χ1) is 8.16. The van der Waals surface area contributed by atoms with Crippen LogP contribution in [0.5, 0.6) is 5.75 Å². The molecule has 1 aliphatic heterocycles. The van der Waals surface area contributed by atoms with Crippen LogP contribution in [0.2, 0.25) is 0 Å². The van der Waals surface area contributed by atoms with E-state index < -0.39 is 0 Å². The van der Waals surface area contributed by atoms with Crippen LogP contribution >= 0.6 is 15.9 Å². The highest BCUT2D eigenvalue weighted by atomic mass is 79.9. The van der Waals surface area contributed by atoms with Crippen LogP contribution in [0.3, 0.4) is 0 Å². The van der Waals surface area contributed by atoms with Crippen molar-refractivity contribution in [3.05, 3.63) is 28.2 Å². The van der Waals surface area contributed by atoms with E-state index in [-0.39, 0.29) is 0 Å². The van der Waals surface area contributed by atoms with Crippen molar-refractivity contribution in [2.24, 2.45) is 0 Å². The summed E-state index contributed by atoms with van der Waals surface area (Å²) in [6.45, 7) is 6.48. The molecule has 2 nitrogen and oxygen atoms in total. The average Bonchev–Trinajstić information content (AvgIpc) is 2.33. The summed E-state index contributed by atoms with van der Waals surface area (Å²) in [5, 5.41) is 3.36. The number of piperidine rings is 1. The molecule has 2 rings (SSSR count). The van der Waals surface area contributed by atoms with E-state index in [2.05, 4.69) is 53.3 Å². The van der Waals surface area contributed by atoms with Crippen molar-refractivity contribution < 1.29 is 4.74 Å². The summed E-state index contributed by atoms with van der Waals surface area (Å²) in [4.78, 5) is 0. The van der Waals surface area contributed by atoms with Crippen molar-refractivity contribution in [1.29, 1.82) is 0 Å². The van der Waals surface area contributed by atoms with Crippen molar-refractivity contribution in [2.45, 2.75) is 38.7 Å². The van der Waals surface area contributed by atoms with Gasteiger partial charge in [0.05, 0.1) is 4.47 Å². The molecule has 1 aromatic rings. The zero-order chi connectivity index (χ0) is 12.3. The average molecular weight is 298 g/mol. The normalized spacial score (nSPS) is 20.6. The molecule has 3 heteroatoms. The van der Waals surface area contributed by atoms with E-state index in [0.29, 0.717) is 12.0 Å². The third-order valence-corrected chi connectivity index (χ3v) is 3.79. The molecular formula is C14H20BrNO. The third-order valence-electron chi connectivity index (χ3n) is 3.17. The monoisotopic (exact) mass is 297 g/mol. The Labute approximate surface area is 112 Å². The second-order valence-electron chi connectivity index (χ2n) is 4.93. The summed E-state index contributed by atoms with van der Waals surface area (Å²) < 4.78 is 7.08. The van der Waals surface area contributed by atoms with Gasteiger partial charge in [-0.25, -0.2) is 0 Å². The van der Waals surface area contributed by atoms with Crippen LogP contribution in [0, 0.1) is 0 Å². The predicted molar refractivity (Wildman–Crippen MR) is 74.8 cm³/mol. The lowest BCUT2D eigenvalue weighted by Gasteiger charge is -2.24. The molecule has 0 spiro atoms. The van der Waals surface area contributed by atoms with Crippen molar-refractivity contribution in [3.8, 4) is 5.75 Å². The minimum atomic E-state index is 0.310. The van der Waals surface area contributed by atoms with Crippen LogP contribution in [-0.2, 0) is 0 Å². The summed E-state index contributed by atoms with van der Waals surface area (Å²) in [5.41, 5.74) is 1.34. The van der Waals surface area contributed by atoms with Crippen molar-refractivity contribution in [3.63, 3.8) is 0 Å². The second-order valence-corrected chi connectivity index (χ2v) is 5.79. The van der Waals surface area contributed by atoms with Gasteiger partial charge in [-0.15, -0.1) is 0 Å². The molecule has 0 amide bonds. The summed E-state index contributed by atoms with van der Waals surface area (Å²) >= 11 is 3.60. The molecule has 0 radical (unpaired) electrons. The molecule has 0 aromatic heterocycles. The molecule has 0 unspecified atom stereocenters. The lowest BCUT2D eigenvalue weighted by atomic mass is 10.0. The van der Waals surface area contributed by atoms with E-state index in [0.717, 1.165) is 29.7 Å². The summed E-state index contributed by atoms with van der Waals surface area (Å²) in [6.07, 6.45) is 2.66. The Hall–Kier alpha value is -0.540. The fourth-order valence-corrected chi connectivity index (χ4v) is 2.56. The number of hydrogen-bond acceptors (Lipinski definition) is 2. The zero-order valence-electron chi connectivity index (χ0n) is 10.5. The molecule has 1 heterocycles. The number of nitrogens with one attached hydrogen (secondary N) is 1. The quantitative estimate of drug-likeness (QED) is 0.918. The number of benzene rings is 1. The number of hydrogen-bond donors (Lipinski definition) is 1. The Balaban J connectivity index is 2.05. The van der Waals surface area contributed by atoms with Crippen molar-refractivity contribution >= 4 is 15.9 Å². The lowest BCUT2D eigenvalue weighted by Crippen LogP contribution is -2.37. The van der Waals surface area contributed by atoms with E-state index in [1.165, 1.54) is 12.0 Å². The van der Waals surface area contributed by atoms with Crippen LogP contribution in [-0.4, -0.2) is 19.2 Å².